The highest BCUT2D eigenvalue weighted by Crippen LogP contribution is 2.12. The second-order valence-corrected chi connectivity index (χ2v) is 3.96. The summed E-state index contributed by atoms with van der Waals surface area (Å²) in [5.41, 5.74) is 0.671. The third-order valence-corrected chi connectivity index (χ3v) is 2.56. The van der Waals surface area contributed by atoms with E-state index in [1.807, 2.05) is 6.07 Å². The van der Waals surface area contributed by atoms with Crippen LogP contribution in [0.2, 0.25) is 0 Å². The summed E-state index contributed by atoms with van der Waals surface area (Å²) < 4.78 is 13.6. The van der Waals surface area contributed by atoms with Gasteiger partial charge in [0.25, 0.3) is 0 Å². The number of rotatable bonds is 5. The van der Waals surface area contributed by atoms with Crippen molar-refractivity contribution in [2.75, 3.05) is 0 Å². The SMILES string of the molecule is CCCC(C)NCc1cccc(C#N)c1F. The van der Waals surface area contributed by atoms with Gasteiger partial charge in [-0.2, -0.15) is 5.26 Å². The molecule has 0 aliphatic heterocycles. The average molecular weight is 220 g/mol. The zero-order valence-electron chi connectivity index (χ0n) is 9.76. The van der Waals surface area contributed by atoms with Crippen LogP contribution in [0.15, 0.2) is 18.2 Å². The molecule has 2 nitrogen and oxygen atoms in total. The van der Waals surface area contributed by atoms with Gasteiger partial charge in [0.2, 0.25) is 0 Å². The minimum atomic E-state index is -0.402. The fraction of sp³-hybridized carbons (Fsp3) is 0.462. The maximum Gasteiger partial charge on any atom is 0.145 e. The largest absolute Gasteiger partial charge is 0.310 e. The predicted octanol–water partition coefficient (Wildman–Crippen LogP) is 2.98. The van der Waals surface area contributed by atoms with Crippen LogP contribution in [0.5, 0.6) is 0 Å². The summed E-state index contributed by atoms with van der Waals surface area (Å²) in [6, 6.07) is 7.13. The summed E-state index contributed by atoms with van der Waals surface area (Å²) in [5.74, 6) is -0.402. The molecule has 1 N–H and O–H groups in total. The van der Waals surface area contributed by atoms with Crippen molar-refractivity contribution in [2.24, 2.45) is 0 Å². The molecule has 1 unspecified atom stereocenters. The Hall–Kier alpha value is -1.40. The normalized spacial score (nSPS) is 12.1. The number of nitriles is 1. The van der Waals surface area contributed by atoms with E-state index in [0.29, 0.717) is 18.2 Å². The Bertz CT molecular complexity index is 382. The van der Waals surface area contributed by atoms with Crippen LogP contribution in [0, 0.1) is 17.1 Å². The summed E-state index contributed by atoms with van der Waals surface area (Å²) in [7, 11) is 0. The molecule has 0 saturated heterocycles. The van der Waals surface area contributed by atoms with E-state index in [0.717, 1.165) is 12.8 Å². The van der Waals surface area contributed by atoms with Crippen molar-refractivity contribution in [3.63, 3.8) is 0 Å². The van der Waals surface area contributed by atoms with Crippen LogP contribution in [-0.4, -0.2) is 6.04 Å². The first-order valence-corrected chi connectivity index (χ1v) is 5.60. The Kier molecular flexibility index (Phi) is 4.94. The topological polar surface area (TPSA) is 35.8 Å². The summed E-state index contributed by atoms with van der Waals surface area (Å²) in [5, 5.41) is 11.9. The van der Waals surface area contributed by atoms with Crippen LogP contribution in [0.1, 0.15) is 37.8 Å². The smallest absolute Gasteiger partial charge is 0.145 e. The van der Waals surface area contributed by atoms with E-state index in [-0.39, 0.29) is 5.56 Å². The van der Waals surface area contributed by atoms with Crippen molar-refractivity contribution in [1.82, 2.24) is 5.32 Å². The van der Waals surface area contributed by atoms with E-state index in [9.17, 15) is 4.39 Å². The van der Waals surface area contributed by atoms with Crippen LogP contribution >= 0.6 is 0 Å². The molecule has 0 bridgehead atoms. The van der Waals surface area contributed by atoms with E-state index in [1.54, 1.807) is 12.1 Å². The third kappa shape index (κ3) is 3.32. The van der Waals surface area contributed by atoms with Gasteiger partial charge in [-0.25, -0.2) is 4.39 Å². The predicted molar refractivity (Wildman–Crippen MR) is 62.3 cm³/mol. The molecule has 0 aliphatic rings. The molecular formula is C13H17FN2. The monoisotopic (exact) mass is 220 g/mol. The second kappa shape index (κ2) is 6.24. The van der Waals surface area contributed by atoms with Gasteiger partial charge < -0.3 is 5.32 Å². The maximum absolute atomic E-state index is 13.6. The molecule has 0 fully saturated rings. The van der Waals surface area contributed by atoms with E-state index >= 15 is 0 Å². The summed E-state index contributed by atoms with van der Waals surface area (Å²) in [6.07, 6.45) is 2.18. The van der Waals surface area contributed by atoms with Crippen molar-refractivity contribution in [2.45, 2.75) is 39.3 Å². The van der Waals surface area contributed by atoms with Crippen LogP contribution in [0.25, 0.3) is 0 Å². The molecular weight excluding hydrogens is 203 g/mol. The Morgan fingerprint density at radius 1 is 1.50 bits per heavy atom. The summed E-state index contributed by atoms with van der Waals surface area (Å²) in [4.78, 5) is 0. The van der Waals surface area contributed by atoms with Gasteiger partial charge in [0.15, 0.2) is 0 Å². The number of benzene rings is 1. The minimum Gasteiger partial charge on any atom is -0.310 e. The quantitative estimate of drug-likeness (QED) is 0.828. The van der Waals surface area contributed by atoms with Crippen LogP contribution < -0.4 is 5.32 Å². The van der Waals surface area contributed by atoms with Crippen molar-refractivity contribution in [3.05, 3.63) is 35.1 Å². The number of hydrogen-bond acceptors (Lipinski definition) is 2. The highest BCUT2D eigenvalue weighted by Gasteiger charge is 2.08. The Morgan fingerprint density at radius 2 is 2.25 bits per heavy atom. The fourth-order valence-electron chi connectivity index (χ4n) is 1.62. The van der Waals surface area contributed by atoms with Crippen molar-refractivity contribution >= 4 is 0 Å². The van der Waals surface area contributed by atoms with Crippen LogP contribution in [0.4, 0.5) is 4.39 Å². The lowest BCUT2D eigenvalue weighted by atomic mass is 10.1. The first-order chi connectivity index (χ1) is 7.69. The van der Waals surface area contributed by atoms with Crippen molar-refractivity contribution < 1.29 is 4.39 Å². The molecule has 0 saturated carbocycles. The van der Waals surface area contributed by atoms with Gasteiger partial charge in [-0.3, -0.25) is 0 Å². The zero-order chi connectivity index (χ0) is 12.0. The van der Waals surface area contributed by atoms with Gasteiger partial charge in [0, 0.05) is 18.2 Å². The second-order valence-electron chi connectivity index (χ2n) is 3.96. The molecule has 0 amide bonds. The third-order valence-electron chi connectivity index (χ3n) is 2.56. The first kappa shape index (κ1) is 12.7. The molecule has 1 atom stereocenters. The number of nitrogens with one attached hydrogen (secondary N) is 1. The van der Waals surface area contributed by atoms with Gasteiger partial charge in [-0.15, -0.1) is 0 Å². The molecule has 0 radical (unpaired) electrons. The van der Waals surface area contributed by atoms with Crippen molar-refractivity contribution in [3.8, 4) is 6.07 Å². The fourth-order valence-corrected chi connectivity index (χ4v) is 1.62. The number of halogens is 1. The molecule has 1 rings (SSSR count). The Balaban J connectivity index is 2.64. The molecule has 3 heteroatoms. The molecule has 1 aromatic carbocycles. The summed E-state index contributed by atoms with van der Waals surface area (Å²) >= 11 is 0. The minimum absolute atomic E-state index is 0.113. The molecule has 1 aromatic rings. The first-order valence-electron chi connectivity index (χ1n) is 5.60. The highest BCUT2D eigenvalue weighted by atomic mass is 19.1. The highest BCUT2D eigenvalue weighted by molar-refractivity contribution is 5.34. The number of hydrogen-bond donors (Lipinski definition) is 1. The van der Waals surface area contributed by atoms with Gasteiger partial charge in [0.05, 0.1) is 5.56 Å². The lowest BCUT2D eigenvalue weighted by Gasteiger charge is -2.13. The zero-order valence-corrected chi connectivity index (χ0v) is 9.76. The molecule has 16 heavy (non-hydrogen) atoms. The Labute approximate surface area is 96.1 Å². The van der Waals surface area contributed by atoms with Gasteiger partial charge in [-0.05, 0) is 19.4 Å². The summed E-state index contributed by atoms with van der Waals surface area (Å²) in [6.45, 7) is 4.67. The van der Waals surface area contributed by atoms with Crippen molar-refractivity contribution in [1.29, 1.82) is 5.26 Å². The van der Waals surface area contributed by atoms with Crippen LogP contribution in [-0.2, 0) is 6.54 Å². The number of nitrogens with zero attached hydrogens (tertiary/aromatic N) is 1. The van der Waals surface area contributed by atoms with E-state index in [2.05, 4.69) is 19.2 Å². The van der Waals surface area contributed by atoms with E-state index in [1.165, 1.54) is 6.07 Å². The molecule has 0 heterocycles. The standard InChI is InChI=1S/C13H17FN2/c1-3-5-10(2)16-9-12-7-4-6-11(8-15)13(12)14/h4,6-7,10,16H,3,5,9H2,1-2H3. The van der Waals surface area contributed by atoms with Gasteiger partial charge in [-0.1, -0.05) is 25.5 Å². The molecule has 0 aliphatic carbocycles. The maximum atomic E-state index is 13.6. The van der Waals surface area contributed by atoms with Gasteiger partial charge in [0.1, 0.15) is 11.9 Å². The molecule has 0 aromatic heterocycles. The molecule has 86 valence electrons. The molecule has 0 spiro atoms. The lowest BCUT2D eigenvalue weighted by Crippen LogP contribution is -2.25. The van der Waals surface area contributed by atoms with E-state index < -0.39 is 5.82 Å². The average Bonchev–Trinajstić information content (AvgIpc) is 2.28. The Morgan fingerprint density at radius 3 is 2.88 bits per heavy atom. The van der Waals surface area contributed by atoms with Crippen LogP contribution in [0.3, 0.4) is 0 Å². The lowest BCUT2D eigenvalue weighted by molar-refractivity contribution is 0.496. The van der Waals surface area contributed by atoms with Gasteiger partial charge >= 0.3 is 0 Å². The van der Waals surface area contributed by atoms with E-state index in [4.69, 9.17) is 5.26 Å².